The van der Waals surface area contributed by atoms with Crippen molar-refractivity contribution in [2.75, 3.05) is 12.9 Å². The van der Waals surface area contributed by atoms with Gasteiger partial charge in [0, 0.05) is 18.3 Å². The third kappa shape index (κ3) is 7.10. The molecule has 0 saturated carbocycles. The van der Waals surface area contributed by atoms with Crippen molar-refractivity contribution in [3.63, 3.8) is 0 Å². The van der Waals surface area contributed by atoms with Gasteiger partial charge in [0.25, 0.3) is 0 Å². The summed E-state index contributed by atoms with van der Waals surface area (Å²) >= 11 is 1.57. The highest BCUT2D eigenvalue weighted by Gasteiger charge is 2.26. The number of carbonyl (C=O) groups is 2. The molecule has 0 aliphatic heterocycles. The van der Waals surface area contributed by atoms with Crippen molar-refractivity contribution in [2.24, 2.45) is 0 Å². The van der Waals surface area contributed by atoms with Crippen molar-refractivity contribution in [1.82, 2.24) is 10.2 Å². The summed E-state index contributed by atoms with van der Waals surface area (Å²) in [6.45, 7) is 8.04. The number of amides is 2. The Kier molecular flexibility index (Phi) is 9.24. The van der Waals surface area contributed by atoms with Gasteiger partial charge in [0.2, 0.25) is 11.8 Å². The molecular formula is C24H32N2O3S. The van der Waals surface area contributed by atoms with Gasteiger partial charge in [-0.2, -0.15) is 0 Å². The first-order valence-electron chi connectivity index (χ1n) is 10.2. The smallest absolute Gasteiger partial charge is 0.242 e. The van der Waals surface area contributed by atoms with Crippen LogP contribution in [0.2, 0.25) is 0 Å². The van der Waals surface area contributed by atoms with Crippen LogP contribution in [0.5, 0.6) is 5.75 Å². The zero-order chi connectivity index (χ0) is 22.1. The first-order valence-corrected chi connectivity index (χ1v) is 11.3. The quantitative estimate of drug-likeness (QED) is 0.617. The van der Waals surface area contributed by atoms with Crippen molar-refractivity contribution in [3.8, 4) is 5.75 Å². The molecule has 0 aliphatic rings. The minimum atomic E-state index is -0.565. The number of nitrogens with one attached hydrogen (secondary N) is 1. The van der Waals surface area contributed by atoms with Gasteiger partial charge in [-0.05, 0) is 56.5 Å². The standard InChI is InChI=1S/C24H32N2O3S/c1-17(2)25-24(28)19(4)26(14-20-10-8-12-22(13-20)29-5)23(27)16-30-15-21-11-7-6-9-18(21)3/h6-13,17,19H,14-16H2,1-5H3,(H,25,28)/t19-/m0/s1. The lowest BCUT2D eigenvalue weighted by atomic mass is 10.1. The number of benzene rings is 2. The van der Waals surface area contributed by atoms with Crippen LogP contribution in [0.4, 0.5) is 0 Å². The van der Waals surface area contributed by atoms with Crippen LogP contribution in [0.3, 0.4) is 0 Å². The van der Waals surface area contributed by atoms with E-state index in [1.165, 1.54) is 11.1 Å². The second-order valence-corrected chi connectivity index (χ2v) is 8.62. The fourth-order valence-corrected chi connectivity index (χ4v) is 4.04. The molecule has 1 N–H and O–H groups in total. The molecule has 6 heteroatoms. The van der Waals surface area contributed by atoms with Crippen molar-refractivity contribution < 1.29 is 14.3 Å². The van der Waals surface area contributed by atoms with Crippen LogP contribution in [0.1, 0.15) is 37.5 Å². The number of carbonyl (C=O) groups excluding carboxylic acids is 2. The molecule has 0 aliphatic carbocycles. The second kappa shape index (κ2) is 11.6. The van der Waals surface area contributed by atoms with Gasteiger partial charge >= 0.3 is 0 Å². The molecule has 2 amide bonds. The minimum Gasteiger partial charge on any atom is -0.497 e. The molecule has 0 spiro atoms. The highest BCUT2D eigenvalue weighted by Crippen LogP contribution is 2.19. The maximum Gasteiger partial charge on any atom is 0.242 e. The van der Waals surface area contributed by atoms with Gasteiger partial charge in [0.1, 0.15) is 11.8 Å². The van der Waals surface area contributed by atoms with Crippen molar-refractivity contribution in [3.05, 3.63) is 65.2 Å². The molecular weight excluding hydrogens is 396 g/mol. The summed E-state index contributed by atoms with van der Waals surface area (Å²) < 4.78 is 5.30. The summed E-state index contributed by atoms with van der Waals surface area (Å²) in [5.41, 5.74) is 3.37. The van der Waals surface area contributed by atoms with Gasteiger partial charge in [-0.1, -0.05) is 36.4 Å². The van der Waals surface area contributed by atoms with Crippen LogP contribution >= 0.6 is 11.8 Å². The van der Waals surface area contributed by atoms with E-state index in [-0.39, 0.29) is 17.9 Å². The van der Waals surface area contributed by atoms with E-state index < -0.39 is 6.04 Å². The van der Waals surface area contributed by atoms with Crippen LogP contribution in [-0.4, -0.2) is 41.7 Å². The molecule has 2 rings (SSSR count). The van der Waals surface area contributed by atoms with E-state index >= 15 is 0 Å². The number of rotatable bonds is 10. The Morgan fingerprint density at radius 1 is 1.10 bits per heavy atom. The molecule has 2 aromatic rings. The van der Waals surface area contributed by atoms with Gasteiger partial charge < -0.3 is 15.0 Å². The fourth-order valence-electron chi connectivity index (χ4n) is 3.06. The van der Waals surface area contributed by atoms with E-state index in [1.54, 1.807) is 30.7 Å². The van der Waals surface area contributed by atoms with E-state index in [4.69, 9.17) is 4.74 Å². The summed E-state index contributed by atoms with van der Waals surface area (Å²) in [5.74, 6) is 1.61. The van der Waals surface area contributed by atoms with Crippen molar-refractivity contribution >= 4 is 23.6 Å². The summed E-state index contributed by atoms with van der Waals surface area (Å²) in [6.07, 6.45) is 0. The van der Waals surface area contributed by atoms with Crippen LogP contribution < -0.4 is 10.1 Å². The van der Waals surface area contributed by atoms with Crippen LogP contribution in [-0.2, 0) is 21.9 Å². The molecule has 0 unspecified atom stereocenters. The number of aryl methyl sites for hydroxylation is 1. The first kappa shape index (κ1) is 23.8. The summed E-state index contributed by atoms with van der Waals surface area (Å²) in [4.78, 5) is 27.4. The van der Waals surface area contributed by atoms with Crippen molar-refractivity contribution in [1.29, 1.82) is 0 Å². The summed E-state index contributed by atoms with van der Waals surface area (Å²) in [7, 11) is 1.61. The number of methoxy groups -OCH3 is 1. The van der Waals surface area contributed by atoms with E-state index in [0.717, 1.165) is 17.1 Å². The van der Waals surface area contributed by atoms with Gasteiger partial charge in [-0.25, -0.2) is 0 Å². The lowest BCUT2D eigenvalue weighted by Gasteiger charge is -2.29. The Bertz CT molecular complexity index is 854. The Morgan fingerprint density at radius 3 is 2.50 bits per heavy atom. The average Bonchev–Trinajstić information content (AvgIpc) is 2.72. The molecule has 1 atom stereocenters. The van der Waals surface area contributed by atoms with E-state index in [2.05, 4.69) is 24.4 Å². The highest BCUT2D eigenvalue weighted by molar-refractivity contribution is 7.99. The summed E-state index contributed by atoms with van der Waals surface area (Å²) in [5, 5.41) is 2.91. The van der Waals surface area contributed by atoms with Gasteiger partial charge in [-0.3, -0.25) is 9.59 Å². The van der Waals surface area contributed by atoms with Gasteiger partial charge in [0.05, 0.1) is 12.9 Å². The lowest BCUT2D eigenvalue weighted by Crippen LogP contribution is -2.49. The normalized spacial score (nSPS) is 11.8. The Hall–Kier alpha value is -2.47. The highest BCUT2D eigenvalue weighted by atomic mass is 32.2. The fraction of sp³-hybridized carbons (Fsp3) is 0.417. The zero-order valence-electron chi connectivity index (χ0n) is 18.5. The summed E-state index contributed by atoms with van der Waals surface area (Å²) in [6, 6.07) is 15.2. The minimum absolute atomic E-state index is 0.0177. The average molecular weight is 429 g/mol. The number of hydrogen-bond donors (Lipinski definition) is 1. The maximum absolute atomic E-state index is 13.1. The molecule has 0 saturated heterocycles. The van der Waals surface area contributed by atoms with E-state index in [1.807, 2.05) is 50.2 Å². The molecule has 2 aromatic carbocycles. The third-order valence-electron chi connectivity index (χ3n) is 4.83. The number of nitrogens with zero attached hydrogens (tertiary/aromatic N) is 1. The monoisotopic (exact) mass is 428 g/mol. The molecule has 30 heavy (non-hydrogen) atoms. The van der Waals surface area contributed by atoms with E-state index in [9.17, 15) is 9.59 Å². The third-order valence-corrected chi connectivity index (χ3v) is 5.80. The Balaban J connectivity index is 2.11. The maximum atomic E-state index is 13.1. The van der Waals surface area contributed by atoms with E-state index in [0.29, 0.717) is 12.3 Å². The number of ether oxygens (including phenoxy) is 1. The predicted molar refractivity (Wildman–Crippen MR) is 124 cm³/mol. The molecule has 0 fully saturated rings. The van der Waals surface area contributed by atoms with Gasteiger partial charge in [0.15, 0.2) is 0 Å². The topological polar surface area (TPSA) is 58.6 Å². The lowest BCUT2D eigenvalue weighted by molar-refractivity contribution is -0.138. The molecule has 0 bridgehead atoms. The number of hydrogen-bond acceptors (Lipinski definition) is 4. The Labute approximate surface area is 184 Å². The molecule has 0 aromatic heterocycles. The number of thioether (sulfide) groups is 1. The first-order chi connectivity index (χ1) is 14.3. The van der Waals surface area contributed by atoms with Gasteiger partial charge in [-0.15, -0.1) is 11.8 Å². The zero-order valence-corrected chi connectivity index (χ0v) is 19.3. The second-order valence-electron chi connectivity index (χ2n) is 7.63. The van der Waals surface area contributed by atoms with Crippen LogP contribution in [0.15, 0.2) is 48.5 Å². The largest absolute Gasteiger partial charge is 0.497 e. The molecule has 5 nitrogen and oxygen atoms in total. The molecule has 162 valence electrons. The predicted octanol–water partition coefficient (Wildman–Crippen LogP) is 4.18. The Morgan fingerprint density at radius 2 is 1.83 bits per heavy atom. The van der Waals surface area contributed by atoms with Crippen LogP contribution in [0, 0.1) is 6.92 Å². The molecule has 0 heterocycles. The SMILES string of the molecule is COc1cccc(CN(C(=O)CSCc2ccccc2C)[C@@H](C)C(=O)NC(C)C)c1. The van der Waals surface area contributed by atoms with Crippen molar-refractivity contribution in [2.45, 2.75) is 52.1 Å². The molecule has 0 radical (unpaired) electrons. The van der Waals surface area contributed by atoms with Crippen LogP contribution in [0.25, 0.3) is 0 Å².